The molecule has 0 atom stereocenters. The normalized spacial score (nSPS) is 11.0. The summed E-state index contributed by atoms with van der Waals surface area (Å²) in [5.41, 5.74) is 1.40. The number of rotatable bonds is 3. The van der Waals surface area contributed by atoms with Crippen LogP contribution in [0.2, 0.25) is 5.02 Å². The van der Waals surface area contributed by atoms with Crippen molar-refractivity contribution in [3.05, 3.63) is 56.0 Å². The number of carbonyl (C=O) groups is 1. The van der Waals surface area contributed by atoms with E-state index in [9.17, 15) is 4.79 Å². The second-order valence-electron chi connectivity index (χ2n) is 4.23. The quantitative estimate of drug-likeness (QED) is 0.462. The summed E-state index contributed by atoms with van der Waals surface area (Å²) in [5, 5.41) is 12.3. The fourth-order valence-electron chi connectivity index (χ4n) is 1.57. The van der Waals surface area contributed by atoms with E-state index in [1.807, 2.05) is 35.6 Å². The number of nitriles is 1. The van der Waals surface area contributed by atoms with Gasteiger partial charge < -0.3 is 9.73 Å². The highest BCUT2D eigenvalue weighted by atomic mass is 127. The van der Waals surface area contributed by atoms with Crippen molar-refractivity contribution in [2.24, 2.45) is 0 Å². The first-order valence-electron chi connectivity index (χ1n) is 5.94. The molecular weight excluding hydrogens is 403 g/mol. The lowest BCUT2D eigenvalue weighted by atomic mass is 10.2. The summed E-state index contributed by atoms with van der Waals surface area (Å²) in [4.78, 5) is 12.1. The van der Waals surface area contributed by atoms with Crippen LogP contribution in [0, 0.1) is 22.0 Å². The molecule has 0 bridgehead atoms. The molecule has 0 aliphatic heterocycles. The second-order valence-corrected chi connectivity index (χ2v) is 5.70. The summed E-state index contributed by atoms with van der Waals surface area (Å²) in [6.07, 6.45) is 1.40. The maximum absolute atomic E-state index is 12.1. The average Bonchev–Trinajstić information content (AvgIpc) is 2.85. The summed E-state index contributed by atoms with van der Waals surface area (Å²) in [7, 11) is 0. The van der Waals surface area contributed by atoms with Crippen molar-refractivity contribution in [1.29, 1.82) is 5.26 Å². The van der Waals surface area contributed by atoms with Crippen molar-refractivity contribution in [3.8, 4) is 6.07 Å². The van der Waals surface area contributed by atoms with Gasteiger partial charge in [0.2, 0.25) is 0 Å². The van der Waals surface area contributed by atoms with E-state index in [0.717, 1.165) is 5.56 Å². The van der Waals surface area contributed by atoms with E-state index >= 15 is 0 Å². The van der Waals surface area contributed by atoms with Gasteiger partial charge in [0, 0.05) is 16.8 Å². The minimum atomic E-state index is -0.510. The highest BCUT2D eigenvalue weighted by Gasteiger charge is 2.11. The van der Waals surface area contributed by atoms with Crippen molar-refractivity contribution >= 4 is 51.9 Å². The van der Waals surface area contributed by atoms with Gasteiger partial charge >= 0.3 is 0 Å². The molecule has 0 saturated heterocycles. The van der Waals surface area contributed by atoms with Crippen molar-refractivity contribution < 1.29 is 9.21 Å². The molecule has 0 spiro atoms. The second kappa shape index (κ2) is 6.78. The Hall–Kier alpha value is -1.78. The molecule has 21 heavy (non-hydrogen) atoms. The Balaban J connectivity index is 2.19. The molecule has 0 aliphatic carbocycles. The van der Waals surface area contributed by atoms with Crippen LogP contribution < -0.4 is 5.32 Å². The van der Waals surface area contributed by atoms with Crippen LogP contribution in [0.25, 0.3) is 6.08 Å². The van der Waals surface area contributed by atoms with Crippen LogP contribution >= 0.6 is 34.2 Å². The Kier molecular flexibility index (Phi) is 5.04. The minimum absolute atomic E-state index is 0.0440. The number of nitrogens with zero attached hydrogens (tertiary/aromatic N) is 1. The van der Waals surface area contributed by atoms with E-state index in [2.05, 4.69) is 5.32 Å². The van der Waals surface area contributed by atoms with Gasteiger partial charge in [-0.25, -0.2) is 0 Å². The monoisotopic (exact) mass is 412 g/mol. The number of aryl methyl sites for hydroxylation is 1. The number of hydrogen-bond donors (Lipinski definition) is 1. The molecule has 6 heteroatoms. The molecule has 1 aromatic heterocycles. The van der Waals surface area contributed by atoms with Crippen molar-refractivity contribution in [2.75, 3.05) is 5.32 Å². The van der Waals surface area contributed by atoms with Gasteiger partial charge in [0.25, 0.3) is 5.91 Å². The first kappa shape index (κ1) is 15.6. The molecule has 2 rings (SSSR count). The lowest BCUT2D eigenvalue weighted by Gasteiger charge is -2.05. The molecule has 0 radical (unpaired) electrons. The SMILES string of the molecule is Cc1ccc(NC(=O)/C(C#N)=C/c2ccc(I)o2)cc1Cl. The zero-order valence-electron chi connectivity index (χ0n) is 11.0. The third kappa shape index (κ3) is 4.09. The minimum Gasteiger partial charge on any atom is -0.451 e. The van der Waals surface area contributed by atoms with Crippen LogP contribution in [0.4, 0.5) is 5.69 Å². The topological polar surface area (TPSA) is 66.0 Å². The number of furan rings is 1. The highest BCUT2D eigenvalue weighted by molar-refractivity contribution is 14.1. The molecule has 1 N–H and O–H groups in total. The zero-order chi connectivity index (χ0) is 15.4. The molecular formula is C15H10ClIN2O2. The standard InChI is InChI=1S/C15H10ClIN2O2/c1-9-2-3-11(7-13(9)16)19-15(20)10(8-18)6-12-4-5-14(17)21-12/h2-7H,1H3,(H,19,20)/b10-6+. The third-order valence-corrected chi connectivity index (χ3v) is 3.66. The Morgan fingerprint density at radius 1 is 1.43 bits per heavy atom. The maximum atomic E-state index is 12.1. The molecule has 1 heterocycles. The van der Waals surface area contributed by atoms with Gasteiger partial charge in [0.15, 0.2) is 3.77 Å². The number of benzene rings is 1. The van der Waals surface area contributed by atoms with E-state index in [4.69, 9.17) is 21.3 Å². The number of carbonyl (C=O) groups excluding carboxylic acids is 1. The Morgan fingerprint density at radius 3 is 2.76 bits per heavy atom. The third-order valence-electron chi connectivity index (χ3n) is 2.68. The number of halogens is 2. The van der Waals surface area contributed by atoms with Crippen LogP contribution in [0.5, 0.6) is 0 Å². The number of hydrogen-bond acceptors (Lipinski definition) is 3. The molecule has 4 nitrogen and oxygen atoms in total. The van der Waals surface area contributed by atoms with Gasteiger partial charge in [-0.2, -0.15) is 5.26 Å². The van der Waals surface area contributed by atoms with Crippen molar-refractivity contribution in [3.63, 3.8) is 0 Å². The first-order valence-corrected chi connectivity index (χ1v) is 7.40. The van der Waals surface area contributed by atoms with E-state index in [-0.39, 0.29) is 5.57 Å². The van der Waals surface area contributed by atoms with E-state index < -0.39 is 5.91 Å². The van der Waals surface area contributed by atoms with Crippen LogP contribution in [0.15, 0.2) is 40.3 Å². The molecule has 0 saturated carbocycles. The molecule has 0 aliphatic rings. The van der Waals surface area contributed by atoms with Gasteiger partial charge in [-0.3, -0.25) is 4.79 Å². The lowest BCUT2D eigenvalue weighted by Crippen LogP contribution is -2.13. The molecule has 1 aromatic carbocycles. The Bertz CT molecular complexity index is 759. The van der Waals surface area contributed by atoms with Gasteiger partial charge in [-0.1, -0.05) is 17.7 Å². The fourth-order valence-corrected chi connectivity index (χ4v) is 2.18. The highest BCUT2D eigenvalue weighted by Crippen LogP contribution is 2.21. The average molecular weight is 413 g/mol. The first-order chi connectivity index (χ1) is 9.99. The van der Waals surface area contributed by atoms with E-state index in [1.165, 1.54) is 6.08 Å². The molecule has 2 aromatic rings. The van der Waals surface area contributed by atoms with Gasteiger partial charge in [-0.15, -0.1) is 0 Å². The Morgan fingerprint density at radius 2 is 2.19 bits per heavy atom. The summed E-state index contributed by atoms with van der Waals surface area (Å²) < 4.78 is 5.99. The molecule has 0 fully saturated rings. The van der Waals surface area contributed by atoms with Crippen molar-refractivity contribution in [2.45, 2.75) is 6.92 Å². The number of amides is 1. The Labute approximate surface area is 140 Å². The maximum Gasteiger partial charge on any atom is 0.266 e. The number of anilines is 1. The summed E-state index contributed by atoms with van der Waals surface area (Å²) >= 11 is 8.00. The van der Waals surface area contributed by atoms with E-state index in [0.29, 0.717) is 20.2 Å². The molecule has 0 unspecified atom stereocenters. The largest absolute Gasteiger partial charge is 0.451 e. The van der Waals surface area contributed by atoms with Crippen LogP contribution in [-0.4, -0.2) is 5.91 Å². The van der Waals surface area contributed by atoms with E-state index in [1.54, 1.807) is 30.3 Å². The molecule has 1 amide bonds. The fraction of sp³-hybridized carbons (Fsp3) is 0.0667. The summed E-state index contributed by atoms with van der Waals surface area (Å²) in [6, 6.07) is 10.5. The predicted octanol–water partition coefficient (Wildman–Crippen LogP) is 4.39. The smallest absolute Gasteiger partial charge is 0.266 e. The van der Waals surface area contributed by atoms with Crippen molar-refractivity contribution in [1.82, 2.24) is 0 Å². The predicted molar refractivity (Wildman–Crippen MR) is 89.8 cm³/mol. The van der Waals surface area contributed by atoms with Crippen LogP contribution in [0.1, 0.15) is 11.3 Å². The van der Waals surface area contributed by atoms with Gasteiger partial charge in [0.1, 0.15) is 17.4 Å². The van der Waals surface area contributed by atoms with Gasteiger partial charge in [0.05, 0.1) is 0 Å². The lowest BCUT2D eigenvalue weighted by molar-refractivity contribution is -0.112. The van der Waals surface area contributed by atoms with Crippen LogP contribution in [0.3, 0.4) is 0 Å². The summed E-state index contributed by atoms with van der Waals surface area (Å²) in [6.45, 7) is 1.87. The van der Waals surface area contributed by atoms with Crippen LogP contribution in [-0.2, 0) is 4.79 Å². The summed E-state index contributed by atoms with van der Waals surface area (Å²) in [5.74, 6) is -0.0585. The number of nitrogens with one attached hydrogen (secondary N) is 1. The van der Waals surface area contributed by atoms with Gasteiger partial charge in [-0.05, 0) is 59.3 Å². The zero-order valence-corrected chi connectivity index (χ0v) is 13.9. The molecule has 106 valence electrons.